The zero-order valence-electron chi connectivity index (χ0n) is 9.39. The fourth-order valence-electron chi connectivity index (χ4n) is 2.18. The summed E-state index contributed by atoms with van der Waals surface area (Å²) in [5, 5.41) is 2.00. The highest BCUT2D eigenvalue weighted by Crippen LogP contribution is 2.24. The second kappa shape index (κ2) is 4.55. The molecule has 1 saturated heterocycles. The molecule has 0 saturated carbocycles. The van der Waals surface area contributed by atoms with Gasteiger partial charge in [0.25, 0.3) is 0 Å². The van der Waals surface area contributed by atoms with E-state index in [2.05, 4.69) is 4.98 Å². The number of Topliss-reactive ketones (excluding diaryl/α,β-unsaturated/α-hetero) is 1. The zero-order chi connectivity index (χ0) is 11.7. The first-order valence-corrected chi connectivity index (χ1v) is 6.68. The summed E-state index contributed by atoms with van der Waals surface area (Å²) in [5.41, 5.74) is 1.71. The zero-order valence-corrected chi connectivity index (χ0v) is 10.2. The van der Waals surface area contributed by atoms with E-state index in [1.54, 1.807) is 17.5 Å². The number of fused-ring (bicyclic) bond motifs is 1. The SMILES string of the molecule is O=C(c1cnc2ccsc2c1)C1CCOCC1. The van der Waals surface area contributed by atoms with Crippen LogP contribution in [0.3, 0.4) is 0 Å². The van der Waals surface area contributed by atoms with Crippen LogP contribution < -0.4 is 0 Å². The summed E-state index contributed by atoms with van der Waals surface area (Å²) in [6, 6.07) is 3.94. The Morgan fingerprint density at radius 3 is 3.06 bits per heavy atom. The minimum absolute atomic E-state index is 0.114. The van der Waals surface area contributed by atoms with Crippen molar-refractivity contribution in [1.82, 2.24) is 4.98 Å². The lowest BCUT2D eigenvalue weighted by Gasteiger charge is -2.20. The van der Waals surface area contributed by atoms with E-state index in [1.807, 2.05) is 17.5 Å². The predicted molar refractivity (Wildman–Crippen MR) is 67.5 cm³/mol. The molecule has 3 heterocycles. The van der Waals surface area contributed by atoms with E-state index in [-0.39, 0.29) is 11.7 Å². The van der Waals surface area contributed by atoms with Crippen LogP contribution in [0.25, 0.3) is 10.2 Å². The molecule has 0 amide bonds. The molecule has 0 spiro atoms. The van der Waals surface area contributed by atoms with Crippen molar-refractivity contribution >= 4 is 27.3 Å². The smallest absolute Gasteiger partial charge is 0.167 e. The van der Waals surface area contributed by atoms with Crippen LogP contribution in [-0.4, -0.2) is 24.0 Å². The Hall–Kier alpha value is -1.26. The van der Waals surface area contributed by atoms with Gasteiger partial charge < -0.3 is 4.74 Å². The van der Waals surface area contributed by atoms with Gasteiger partial charge in [-0.25, -0.2) is 0 Å². The molecule has 0 aliphatic carbocycles. The van der Waals surface area contributed by atoms with Gasteiger partial charge in [0.1, 0.15) is 0 Å². The number of aromatic nitrogens is 1. The third kappa shape index (κ3) is 2.10. The molecule has 3 rings (SSSR count). The maximum absolute atomic E-state index is 12.3. The molecule has 0 bridgehead atoms. The Morgan fingerprint density at radius 2 is 2.24 bits per heavy atom. The number of pyridine rings is 1. The number of rotatable bonds is 2. The average Bonchev–Trinajstić information content (AvgIpc) is 2.86. The molecule has 0 N–H and O–H groups in total. The van der Waals surface area contributed by atoms with Gasteiger partial charge in [0.05, 0.1) is 10.2 Å². The molecule has 2 aromatic heterocycles. The van der Waals surface area contributed by atoms with E-state index in [1.165, 1.54) is 0 Å². The molecule has 0 aromatic carbocycles. The third-order valence-corrected chi connectivity index (χ3v) is 4.03. The summed E-state index contributed by atoms with van der Waals surface area (Å²) in [6.45, 7) is 1.40. The first-order chi connectivity index (χ1) is 8.34. The number of hydrogen-bond donors (Lipinski definition) is 0. The lowest BCUT2D eigenvalue weighted by Crippen LogP contribution is -2.23. The third-order valence-electron chi connectivity index (χ3n) is 3.18. The fraction of sp³-hybridized carbons (Fsp3) is 0.385. The maximum Gasteiger partial charge on any atom is 0.167 e. The van der Waals surface area contributed by atoms with Crippen molar-refractivity contribution in [2.75, 3.05) is 13.2 Å². The Balaban J connectivity index is 1.88. The highest BCUT2D eigenvalue weighted by molar-refractivity contribution is 7.17. The van der Waals surface area contributed by atoms with E-state index >= 15 is 0 Å². The lowest BCUT2D eigenvalue weighted by molar-refractivity contribution is 0.0545. The van der Waals surface area contributed by atoms with Gasteiger partial charge in [-0.05, 0) is 30.4 Å². The Kier molecular flexibility index (Phi) is 2.91. The maximum atomic E-state index is 12.3. The minimum Gasteiger partial charge on any atom is -0.381 e. The normalized spacial score (nSPS) is 17.4. The second-order valence-corrected chi connectivity index (χ2v) is 5.23. The van der Waals surface area contributed by atoms with Gasteiger partial charge in [0, 0.05) is 30.9 Å². The number of hydrogen-bond acceptors (Lipinski definition) is 4. The number of thiophene rings is 1. The van der Waals surface area contributed by atoms with E-state index in [4.69, 9.17) is 4.74 Å². The number of ketones is 1. The van der Waals surface area contributed by atoms with Crippen LogP contribution in [0.1, 0.15) is 23.2 Å². The molecule has 4 heteroatoms. The molecule has 88 valence electrons. The van der Waals surface area contributed by atoms with E-state index in [0.29, 0.717) is 13.2 Å². The molecule has 3 nitrogen and oxygen atoms in total. The van der Waals surface area contributed by atoms with Crippen molar-refractivity contribution in [3.63, 3.8) is 0 Å². The van der Waals surface area contributed by atoms with Crippen LogP contribution in [-0.2, 0) is 4.74 Å². The Morgan fingerprint density at radius 1 is 1.41 bits per heavy atom. The van der Waals surface area contributed by atoms with Gasteiger partial charge in [-0.2, -0.15) is 0 Å². The van der Waals surface area contributed by atoms with E-state index < -0.39 is 0 Å². The predicted octanol–water partition coefficient (Wildman–Crippen LogP) is 2.91. The van der Waals surface area contributed by atoms with Gasteiger partial charge in [-0.3, -0.25) is 9.78 Å². The molecular weight excluding hydrogens is 234 g/mol. The molecule has 0 unspecified atom stereocenters. The Bertz CT molecular complexity index is 543. The summed E-state index contributed by atoms with van der Waals surface area (Å²) in [6.07, 6.45) is 3.37. The van der Waals surface area contributed by atoms with Gasteiger partial charge >= 0.3 is 0 Å². The van der Waals surface area contributed by atoms with Gasteiger partial charge in [-0.15, -0.1) is 11.3 Å². The average molecular weight is 247 g/mol. The molecule has 0 atom stereocenters. The summed E-state index contributed by atoms with van der Waals surface area (Å²) in [4.78, 5) is 16.6. The van der Waals surface area contributed by atoms with Crippen molar-refractivity contribution in [1.29, 1.82) is 0 Å². The van der Waals surface area contributed by atoms with Gasteiger partial charge in [0.15, 0.2) is 5.78 Å². The van der Waals surface area contributed by atoms with Crippen molar-refractivity contribution in [2.24, 2.45) is 5.92 Å². The van der Waals surface area contributed by atoms with Crippen molar-refractivity contribution in [2.45, 2.75) is 12.8 Å². The molecular formula is C13H13NO2S. The number of carbonyl (C=O) groups is 1. The van der Waals surface area contributed by atoms with Gasteiger partial charge in [-0.1, -0.05) is 0 Å². The molecule has 0 radical (unpaired) electrons. The van der Waals surface area contributed by atoms with Crippen LogP contribution in [0.2, 0.25) is 0 Å². The Labute approximate surface area is 103 Å². The lowest BCUT2D eigenvalue weighted by atomic mass is 9.92. The minimum atomic E-state index is 0.114. The number of ether oxygens (including phenoxy) is 1. The second-order valence-electron chi connectivity index (χ2n) is 4.28. The summed E-state index contributed by atoms with van der Waals surface area (Å²) >= 11 is 1.63. The van der Waals surface area contributed by atoms with Crippen LogP contribution >= 0.6 is 11.3 Å². The summed E-state index contributed by atoms with van der Waals surface area (Å²) in [7, 11) is 0. The molecule has 1 fully saturated rings. The highest BCUT2D eigenvalue weighted by atomic mass is 32.1. The van der Waals surface area contributed by atoms with Crippen LogP contribution in [0, 0.1) is 5.92 Å². The number of carbonyl (C=O) groups excluding carboxylic acids is 1. The van der Waals surface area contributed by atoms with Crippen molar-refractivity contribution in [3.8, 4) is 0 Å². The fourth-order valence-corrected chi connectivity index (χ4v) is 2.96. The number of nitrogens with zero attached hydrogens (tertiary/aromatic N) is 1. The van der Waals surface area contributed by atoms with E-state index in [9.17, 15) is 4.79 Å². The van der Waals surface area contributed by atoms with Crippen LogP contribution in [0.15, 0.2) is 23.7 Å². The molecule has 1 aliphatic rings. The first-order valence-electron chi connectivity index (χ1n) is 5.80. The largest absolute Gasteiger partial charge is 0.381 e. The monoisotopic (exact) mass is 247 g/mol. The first kappa shape index (κ1) is 10.9. The highest BCUT2D eigenvalue weighted by Gasteiger charge is 2.23. The topological polar surface area (TPSA) is 39.2 Å². The molecule has 17 heavy (non-hydrogen) atoms. The van der Waals surface area contributed by atoms with Gasteiger partial charge in [0.2, 0.25) is 0 Å². The standard InChI is InChI=1S/C13H13NO2S/c15-13(9-1-4-16-5-2-9)10-7-12-11(14-8-10)3-6-17-12/h3,6-9H,1-2,4-5H2. The quantitative estimate of drug-likeness (QED) is 0.766. The summed E-state index contributed by atoms with van der Waals surface area (Å²) in [5.74, 6) is 0.332. The molecule has 2 aromatic rings. The van der Waals surface area contributed by atoms with Crippen LogP contribution in [0.5, 0.6) is 0 Å². The van der Waals surface area contributed by atoms with Crippen LogP contribution in [0.4, 0.5) is 0 Å². The molecule has 1 aliphatic heterocycles. The van der Waals surface area contributed by atoms with E-state index in [0.717, 1.165) is 28.6 Å². The van der Waals surface area contributed by atoms with Crippen molar-refractivity contribution < 1.29 is 9.53 Å². The van der Waals surface area contributed by atoms with Crippen molar-refractivity contribution in [3.05, 3.63) is 29.3 Å². The summed E-state index contributed by atoms with van der Waals surface area (Å²) < 4.78 is 6.36.